The average molecular weight is 1000 g/mol. The van der Waals surface area contributed by atoms with Gasteiger partial charge in [-0.15, -0.1) is 0 Å². The minimum atomic E-state index is -0.754. The van der Waals surface area contributed by atoms with Crippen LogP contribution in [0, 0.1) is 35.3 Å². The van der Waals surface area contributed by atoms with Crippen molar-refractivity contribution < 1.29 is 37.4 Å². The maximum Gasteiger partial charge on any atom is 0.407 e. The lowest BCUT2D eigenvalue weighted by atomic mass is 9.95. The van der Waals surface area contributed by atoms with Crippen LogP contribution in [0.15, 0.2) is 48.5 Å². The molecule has 6 aliphatic rings. The molecule has 0 radical (unpaired) electrons. The van der Waals surface area contributed by atoms with E-state index in [0.717, 1.165) is 91.0 Å². The number of carbonyl (C=O) groups excluding carboxylic acids is 4. The third kappa shape index (κ3) is 8.69. The van der Waals surface area contributed by atoms with Crippen molar-refractivity contribution >= 4 is 57.4 Å². The van der Waals surface area contributed by atoms with E-state index in [-0.39, 0.29) is 77.4 Å². The Labute approximate surface area is 424 Å². The maximum absolute atomic E-state index is 16.5. The van der Waals surface area contributed by atoms with Gasteiger partial charge < -0.3 is 49.7 Å². The summed E-state index contributed by atoms with van der Waals surface area (Å²) in [5, 5.41) is 5.55. The maximum atomic E-state index is 16.5. The number of likely N-dealkylation sites (tertiary alicyclic amines) is 2. The number of imidazole rings is 2. The second-order valence-corrected chi connectivity index (χ2v) is 22.2. The molecule has 73 heavy (non-hydrogen) atoms. The standard InChI is InChI=1S/C55H68F2N10O6/c1-28(2)45(62-54(70)72-5)52(68)66-34-14-10-32(22-34)47(66)50-58-39-16-12-30(24-41(39)60-50)43-18-19-44(65(43)36-26-37(56)49(38(57)27-36)64-20-8-7-9-21-64)31-13-17-40-42(25-31)61-51(59-40)48-33-11-15-35(23-33)67(48)53(69)46(29(3)4)63-55(71)73-6/h12-13,16-17,24-29,32-35,43-48H,7-11,14-15,18-23H2,1-6H3,(H,58,60)(H,59,61)(H,62,70)(H,63,71)/t32?,33?,34?,35?,43-,44-,45+,46+,47+,48+/m1/s1. The van der Waals surface area contributed by atoms with Gasteiger partial charge in [0.15, 0.2) is 11.6 Å². The van der Waals surface area contributed by atoms with Crippen LogP contribution in [0.25, 0.3) is 22.1 Å². The highest BCUT2D eigenvalue weighted by molar-refractivity contribution is 5.88. The fraction of sp³-hybridized carbons (Fsp3) is 0.564. The van der Waals surface area contributed by atoms with E-state index in [1.54, 1.807) is 0 Å². The molecule has 4 aliphatic heterocycles. The fourth-order valence-corrected chi connectivity index (χ4v) is 13.8. The van der Waals surface area contributed by atoms with Gasteiger partial charge in [0, 0.05) is 30.9 Å². The number of hydrogen-bond donors (Lipinski definition) is 4. The van der Waals surface area contributed by atoms with Crippen molar-refractivity contribution in [1.29, 1.82) is 0 Å². The van der Waals surface area contributed by atoms with Crippen LogP contribution in [0.5, 0.6) is 0 Å². The topological polar surface area (TPSA) is 181 Å². The van der Waals surface area contributed by atoms with Crippen LogP contribution in [0.1, 0.15) is 145 Å². The number of aromatic amines is 2. The summed E-state index contributed by atoms with van der Waals surface area (Å²) in [7, 11) is 2.59. The third-order valence-electron chi connectivity index (χ3n) is 17.2. The number of aromatic nitrogens is 4. The Balaban J connectivity index is 0.928. The Bertz CT molecular complexity index is 2750. The van der Waals surface area contributed by atoms with Gasteiger partial charge in [0.1, 0.15) is 29.4 Å². The second-order valence-electron chi connectivity index (χ2n) is 22.2. The Morgan fingerprint density at radius 2 is 1.08 bits per heavy atom. The zero-order chi connectivity index (χ0) is 51.0. The van der Waals surface area contributed by atoms with E-state index in [0.29, 0.717) is 43.3 Å². The normalized spacial score (nSPS) is 26.4. The molecular formula is C55H68F2N10O6. The van der Waals surface area contributed by atoms with E-state index < -0.39 is 35.9 Å². The molecule has 4 bridgehead atoms. The van der Waals surface area contributed by atoms with Crippen molar-refractivity contribution in [3.05, 3.63) is 82.9 Å². The predicted molar refractivity (Wildman–Crippen MR) is 272 cm³/mol. The lowest BCUT2D eigenvalue weighted by molar-refractivity contribution is -0.140. The molecule has 0 spiro atoms. The molecule has 6 fully saturated rings. The van der Waals surface area contributed by atoms with Crippen molar-refractivity contribution in [3.8, 4) is 0 Å². The number of benzene rings is 3. The number of amides is 4. The fourth-order valence-electron chi connectivity index (χ4n) is 13.8. The van der Waals surface area contributed by atoms with Crippen molar-refractivity contribution in [2.75, 3.05) is 37.1 Å². The predicted octanol–water partition coefficient (Wildman–Crippen LogP) is 9.66. The van der Waals surface area contributed by atoms with E-state index >= 15 is 8.78 Å². The van der Waals surface area contributed by atoms with Gasteiger partial charge in [-0.05, 0) is 142 Å². The first-order chi connectivity index (χ1) is 35.2. The summed E-state index contributed by atoms with van der Waals surface area (Å²) in [5.74, 6) is 0.0505. The number of methoxy groups -OCH3 is 2. The zero-order valence-electron chi connectivity index (χ0n) is 42.6. The number of carbonyl (C=O) groups is 4. The van der Waals surface area contributed by atoms with Crippen LogP contribution in [-0.2, 0) is 19.1 Å². The van der Waals surface area contributed by atoms with Crippen molar-refractivity contribution in [2.45, 2.75) is 147 Å². The number of ether oxygens (including phenoxy) is 2. The molecular weight excluding hydrogens is 935 g/mol. The van der Waals surface area contributed by atoms with Crippen LogP contribution in [-0.4, -0.2) is 105 Å². The van der Waals surface area contributed by atoms with E-state index in [4.69, 9.17) is 19.4 Å². The largest absolute Gasteiger partial charge is 0.453 e. The third-order valence-corrected chi connectivity index (χ3v) is 17.2. The number of anilines is 2. The molecule has 5 aromatic rings. The summed E-state index contributed by atoms with van der Waals surface area (Å²) >= 11 is 0. The summed E-state index contributed by atoms with van der Waals surface area (Å²) in [4.78, 5) is 78.8. The molecule has 16 nitrogen and oxygen atoms in total. The molecule has 2 aliphatic carbocycles. The number of rotatable bonds is 12. The Morgan fingerprint density at radius 3 is 1.51 bits per heavy atom. The molecule has 2 aromatic heterocycles. The Hall–Kier alpha value is -6.46. The lowest BCUT2D eigenvalue weighted by Crippen LogP contribution is -2.54. The molecule has 4 saturated heterocycles. The van der Waals surface area contributed by atoms with Gasteiger partial charge in [0.25, 0.3) is 0 Å². The number of piperidine rings is 3. The number of hydrogen-bond acceptors (Lipinski definition) is 10. The molecule has 4 unspecified atom stereocenters. The Morgan fingerprint density at radius 1 is 0.630 bits per heavy atom. The number of H-pyrrole nitrogens is 2. The van der Waals surface area contributed by atoms with Gasteiger partial charge in [0.2, 0.25) is 11.8 Å². The molecule has 4 N–H and O–H groups in total. The van der Waals surface area contributed by atoms with Gasteiger partial charge in [-0.2, -0.15) is 0 Å². The number of halogens is 2. The molecule has 10 atom stereocenters. The van der Waals surface area contributed by atoms with Gasteiger partial charge in [-0.1, -0.05) is 39.8 Å². The minimum Gasteiger partial charge on any atom is -0.453 e. The van der Waals surface area contributed by atoms with Crippen molar-refractivity contribution in [3.63, 3.8) is 0 Å². The first-order valence-electron chi connectivity index (χ1n) is 26.6. The monoisotopic (exact) mass is 1000 g/mol. The van der Waals surface area contributed by atoms with Gasteiger partial charge in [-0.3, -0.25) is 9.59 Å². The van der Waals surface area contributed by atoms with Crippen LogP contribution in [0.4, 0.5) is 29.7 Å². The molecule has 11 rings (SSSR count). The second kappa shape index (κ2) is 19.4. The van der Waals surface area contributed by atoms with Crippen LogP contribution >= 0.6 is 0 Å². The first kappa shape index (κ1) is 48.8. The van der Waals surface area contributed by atoms with Gasteiger partial charge in [0.05, 0.1) is 60.5 Å². The average Bonchev–Trinajstić information content (AvgIpc) is 4.26. The highest BCUT2D eigenvalue weighted by atomic mass is 19.1. The lowest BCUT2D eigenvalue weighted by Gasteiger charge is -2.37. The van der Waals surface area contributed by atoms with Crippen LogP contribution in [0.3, 0.4) is 0 Å². The summed E-state index contributed by atoms with van der Waals surface area (Å²) in [5.41, 5.74) is 5.47. The summed E-state index contributed by atoms with van der Waals surface area (Å²) in [6.07, 6.45) is 8.35. The molecule has 6 heterocycles. The first-order valence-corrected chi connectivity index (χ1v) is 26.6. The highest BCUT2D eigenvalue weighted by Gasteiger charge is 2.53. The molecule has 4 amide bonds. The van der Waals surface area contributed by atoms with Gasteiger partial charge in [-0.25, -0.2) is 28.3 Å². The summed E-state index contributed by atoms with van der Waals surface area (Å²) in [6, 6.07) is 12.7. The van der Waals surface area contributed by atoms with Crippen LogP contribution in [0.2, 0.25) is 0 Å². The number of nitrogens with zero attached hydrogens (tertiary/aromatic N) is 6. The number of fused-ring (bicyclic) bond motifs is 6. The SMILES string of the molecule is COC(=O)N[C@H](C(=O)N1C2CCC(C2)[C@H]1c1nc2cc([C@H]3CC[C@H](c4ccc5[nH]c([C@@H]6C7CCC(C7)N6C(=O)[C@@H](NC(=O)OC)C(C)C)nc5c4)N3c3cc(F)c(N4CCCCC4)c(F)c3)ccc2[nH]1)C(C)C. The molecule has 2 saturated carbocycles. The van der Waals surface area contributed by atoms with Crippen LogP contribution < -0.4 is 20.4 Å². The molecule has 18 heteroatoms. The quantitative estimate of drug-likeness (QED) is 0.0940. The van der Waals surface area contributed by atoms with E-state index in [9.17, 15) is 19.2 Å². The van der Waals surface area contributed by atoms with Crippen molar-refractivity contribution in [2.24, 2.45) is 23.7 Å². The number of alkyl carbamates (subject to hydrolysis) is 2. The van der Waals surface area contributed by atoms with E-state index in [1.807, 2.05) is 54.5 Å². The number of nitrogens with one attached hydrogen (secondary N) is 4. The van der Waals surface area contributed by atoms with E-state index in [2.05, 4.69) is 49.8 Å². The minimum absolute atomic E-state index is 0.0227. The summed E-state index contributed by atoms with van der Waals surface area (Å²) < 4.78 is 42.8. The molecule has 388 valence electrons. The molecule has 3 aromatic carbocycles. The smallest absolute Gasteiger partial charge is 0.407 e. The van der Waals surface area contributed by atoms with Crippen molar-refractivity contribution in [1.82, 2.24) is 40.4 Å². The van der Waals surface area contributed by atoms with Gasteiger partial charge >= 0.3 is 12.2 Å². The summed E-state index contributed by atoms with van der Waals surface area (Å²) in [6.45, 7) is 8.86. The Kier molecular flexibility index (Phi) is 13.0. The zero-order valence-corrected chi connectivity index (χ0v) is 42.6. The van der Waals surface area contributed by atoms with E-state index in [1.165, 1.54) is 26.4 Å². The highest BCUT2D eigenvalue weighted by Crippen LogP contribution is 2.53.